The zero-order valence-corrected chi connectivity index (χ0v) is 10.8. The van der Waals surface area contributed by atoms with Crippen molar-refractivity contribution in [3.63, 3.8) is 0 Å². The molecule has 0 spiro atoms. The topological polar surface area (TPSA) is 9.23 Å². The number of rotatable bonds is 3. The monoisotopic (exact) mass is 265 g/mol. The van der Waals surface area contributed by atoms with E-state index in [4.69, 9.17) is 27.9 Å². The van der Waals surface area contributed by atoms with Crippen LogP contribution in [0.4, 0.5) is 0 Å². The van der Waals surface area contributed by atoms with Gasteiger partial charge in [0, 0.05) is 13.2 Å². The van der Waals surface area contributed by atoms with Crippen molar-refractivity contribution in [2.24, 2.45) is 0 Å². The molecule has 0 atom stereocenters. The van der Waals surface area contributed by atoms with Gasteiger partial charge in [0.25, 0.3) is 0 Å². The molecule has 1 radical (unpaired) electrons. The Kier molecular flexibility index (Phi) is 4.06. The van der Waals surface area contributed by atoms with Gasteiger partial charge in [0.1, 0.15) is 0 Å². The summed E-state index contributed by atoms with van der Waals surface area (Å²) in [6.07, 6.45) is 0. The zero-order valence-electron chi connectivity index (χ0n) is 9.34. The summed E-state index contributed by atoms with van der Waals surface area (Å²) in [5.41, 5.74) is 3.20. The fourth-order valence-corrected chi connectivity index (χ4v) is 1.91. The Hall–Kier alpha value is -1.02. The van der Waals surface area contributed by atoms with E-state index >= 15 is 0 Å². The molecule has 0 heterocycles. The van der Waals surface area contributed by atoms with Gasteiger partial charge >= 0.3 is 0 Å². The molecule has 3 heteroatoms. The zero-order chi connectivity index (χ0) is 12.3. The summed E-state index contributed by atoms with van der Waals surface area (Å²) < 4.78 is 5.11. The second-order valence-electron chi connectivity index (χ2n) is 3.68. The van der Waals surface area contributed by atoms with Gasteiger partial charge in [-0.2, -0.15) is 0 Å². The molecule has 1 nitrogen and oxygen atoms in total. The summed E-state index contributed by atoms with van der Waals surface area (Å²) in [6.45, 7) is 0.596. The second kappa shape index (κ2) is 5.54. The molecule has 2 rings (SSSR count). The molecule has 0 saturated heterocycles. The van der Waals surface area contributed by atoms with Crippen LogP contribution >= 0.6 is 23.2 Å². The molecular weight excluding hydrogens is 255 g/mol. The lowest BCUT2D eigenvalue weighted by molar-refractivity contribution is 0.185. The van der Waals surface area contributed by atoms with E-state index in [2.05, 4.69) is 12.1 Å². The van der Waals surface area contributed by atoms with Gasteiger partial charge in [-0.15, -0.1) is 0 Å². The molecule has 0 saturated carbocycles. The van der Waals surface area contributed by atoms with Crippen LogP contribution < -0.4 is 0 Å². The third-order valence-corrected chi connectivity index (χ3v) is 3.13. The van der Waals surface area contributed by atoms with Crippen LogP contribution in [0.5, 0.6) is 0 Å². The van der Waals surface area contributed by atoms with Crippen molar-refractivity contribution in [3.8, 4) is 11.1 Å². The van der Waals surface area contributed by atoms with E-state index < -0.39 is 0 Å². The summed E-state index contributed by atoms with van der Waals surface area (Å²) >= 11 is 11.8. The molecule has 0 fully saturated rings. The molecule has 0 aliphatic heterocycles. The quantitative estimate of drug-likeness (QED) is 0.788. The number of hydrogen-bond donors (Lipinski definition) is 0. The summed E-state index contributed by atoms with van der Waals surface area (Å²) in [4.78, 5) is 0. The average molecular weight is 266 g/mol. The molecule has 17 heavy (non-hydrogen) atoms. The Bertz CT molecular complexity index is 523. The van der Waals surface area contributed by atoms with E-state index in [0.29, 0.717) is 16.7 Å². The fraction of sp³-hybridized carbons (Fsp3) is 0.143. The van der Waals surface area contributed by atoms with Crippen molar-refractivity contribution >= 4 is 23.2 Å². The number of halogens is 2. The highest BCUT2D eigenvalue weighted by Gasteiger charge is 2.03. The van der Waals surface area contributed by atoms with E-state index in [1.54, 1.807) is 7.11 Å². The Morgan fingerprint density at radius 2 is 2.00 bits per heavy atom. The van der Waals surface area contributed by atoms with Gasteiger partial charge in [0.15, 0.2) is 0 Å². The number of ether oxygens (including phenoxy) is 1. The lowest BCUT2D eigenvalue weighted by Gasteiger charge is -2.06. The minimum atomic E-state index is 0.448. The van der Waals surface area contributed by atoms with Crippen molar-refractivity contribution in [1.29, 1.82) is 0 Å². The first-order chi connectivity index (χ1) is 8.20. The highest BCUT2D eigenvalue weighted by molar-refractivity contribution is 6.42. The van der Waals surface area contributed by atoms with E-state index in [1.807, 2.05) is 30.3 Å². The van der Waals surface area contributed by atoms with Crippen LogP contribution in [0.1, 0.15) is 5.56 Å². The molecule has 87 valence electrons. The maximum Gasteiger partial charge on any atom is 0.0713 e. The molecule has 0 aromatic heterocycles. The van der Waals surface area contributed by atoms with Crippen LogP contribution in [0.3, 0.4) is 0 Å². The first-order valence-electron chi connectivity index (χ1n) is 5.15. The Morgan fingerprint density at radius 1 is 1.18 bits per heavy atom. The van der Waals surface area contributed by atoms with E-state index in [9.17, 15) is 0 Å². The maximum absolute atomic E-state index is 5.98. The molecule has 0 aliphatic carbocycles. The minimum absolute atomic E-state index is 0.448. The van der Waals surface area contributed by atoms with Gasteiger partial charge in [0.2, 0.25) is 0 Å². The number of benzene rings is 2. The van der Waals surface area contributed by atoms with E-state index in [0.717, 1.165) is 16.7 Å². The van der Waals surface area contributed by atoms with E-state index in [1.165, 1.54) is 0 Å². The van der Waals surface area contributed by atoms with Crippen molar-refractivity contribution in [1.82, 2.24) is 0 Å². The molecule has 0 aliphatic rings. The third kappa shape index (κ3) is 3.01. The van der Waals surface area contributed by atoms with Crippen molar-refractivity contribution in [3.05, 3.63) is 58.1 Å². The maximum atomic E-state index is 5.98. The molecule has 0 amide bonds. The summed E-state index contributed by atoms with van der Waals surface area (Å²) in [7, 11) is 1.68. The summed E-state index contributed by atoms with van der Waals surface area (Å²) in [5, 5.41) is 0.963. The van der Waals surface area contributed by atoms with Gasteiger partial charge in [-0.25, -0.2) is 0 Å². The highest BCUT2D eigenvalue weighted by atomic mass is 35.5. The van der Waals surface area contributed by atoms with Gasteiger partial charge in [-0.05, 0) is 34.9 Å². The van der Waals surface area contributed by atoms with Gasteiger partial charge in [0.05, 0.1) is 16.7 Å². The van der Waals surface area contributed by atoms with Crippen molar-refractivity contribution < 1.29 is 4.74 Å². The molecular formula is C14H11Cl2O. The van der Waals surface area contributed by atoms with Gasteiger partial charge in [-0.3, -0.25) is 0 Å². The Morgan fingerprint density at radius 3 is 2.71 bits per heavy atom. The number of methoxy groups -OCH3 is 1. The average Bonchev–Trinajstić information content (AvgIpc) is 2.33. The lowest BCUT2D eigenvalue weighted by Crippen LogP contribution is -1.88. The molecule has 2 aromatic rings. The smallest absolute Gasteiger partial charge is 0.0713 e. The first-order valence-corrected chi connectivity index (χ1v) is 5.91. The molecule has 2 aromatic carbocycles. The predicted octanol–water partition coefficient (Wildman–Crippen LogP) is 4.61. The van der Waals surface area contributed by atoms with Crippen molar-refractivity contribution in [2.75, 3.05) is 7.11 Å². The Labute approximate surface area is 111 Å². The van der Waals surface area contributed by atoms with Crippen LogP contribution in [0.25, 0.3) is 11.1 Å². The van der Waals surface area contributed by atoms with Gasteiger partial charge in [-0.1, -0.05) is 41.4 Å². The summed E-state index contributed by atoms with van der Waals surface area (Å²) in [5.74, 6) is 0. The number of hydrogen-bond acceptors (Lipinski definition) is 1. The summed E-state index contributed by atoms with van der Waals surface area (Å²) in [6, 6.07) is 14.7. The first kappa shape index (κ1) is 12.4. The molecule has 0 bridgehead atoms. The third-order valence-electron chi connectivity index (χ3n) is 2.42. The standard InChI is InChI=1S/C14H11Cl2O/c1-17-9-10-3-2-4-11(7-10)12-5-6-13(15)14(16)8-12/h2-5,7-8H,9H2,1H3. The van der Waals surface area contributed by atoms with Gasteiger partial charge < -0.3 is 4.74 Å². The van der Waals surface area contributed by atoms with E-state index in [-0.39, 0.29) is 0 Å². The van der Waals surface area contributed by atoms with Crippen LogP contribution in [0.15, 0.2) is 36.4 Å². The SMILES string of the molecule is COCc1cccc(-c2c[c]c(Cl)c(Cl)c2)c1. The predicted molar refractivity (Wildman–Crippen MR) is 71.4 cm³/mol. The van der Waals surface area contributed by atoms with Crippen LogP contribution in [0.2, 0.25) is 10.0 Å². The highest BCUT2D eigenvalue weighted by Crippen LogP contribution is 2.28. The Balaban J connectivity index is 2.38. The van der Waals surface area contributed by atoms with Crippen LogP contribution in [-0.2, 0) is 11.3 Å². The second-order valence-corrected chi connectivity index (χ2v) is 4.47. The lowest BCUT2D eigenvalue weighted by atomic mass is 10.0. The van der Waals surface area contributed by atoms with Crippen LogP contribution in [0, 0.1) is 6.07 Å². The van der Waals surface area contributed by atoms with Crippen molar-refractivity contribution in [2.45, 2.75) is 6.61 Å². The normalized spacial score (nSPS) is 10.5. The minimum Gasteiger partial charge on any atom is -0.380 e. The molecule has 0 unspecified atom stereocenters. The fourth-order valence-electron chi connectivity index (χ4n) is 1.63. The van der Waals surface area contributed by atoms with Crippen LogP contribution in [-0.4, -0.2) is 7.11 Å². The molecule has 0 N–H and O–H groups in total. The largest absolute Gasteiger partial charge is 0.380 e.